The second kappa shape index (κ2) is 10.8. The summed E-state index contributed by atoms with van der Waals surface area (Å²) in [5.41, 5.74) is -1.28. The number of nitrogens with one attached hydrogen (secondary N) is 1. The Morgan fingerprint density at radius 2 is 1.70 bits per heavy atom. The predicted molar refractivity (Wildman–Crippen MR) is 132 cm³/mol. The van der Waals surface area contributed by atoms with Gasteiger partial charge in [-0.15, -0.1) is 0 Å². The number of nitrogens with zero attached hydrogens (tertiary/aromatic N) is 2. The number of anilines is 1. The van der Waals surface area contributed by atoms with Gasteiger partial charge in [-0.05, 0) is 55.9 Å². The Bertz CT molecular complexity index is 1170. The van der Waals surface area contributed by atoms with Crippen molar-refractivity contribution in [2.45, 2.75) is 32.4 Å². The Morgan fingerprint density at radius 1 is 1.03 bits per heavy atom. The number of halogens is 4. The van der Waals surface area contributed by atoms with Crippen LogP contribution in [0.2, 0.25) is 0 Å². The monoisotopic (exact) mass is 519 g/mol. The van der Waals surface area contributed by atoms with Crippen molar-refractivity contribution < 1.29 is 31.9 Å². The van der Waals surface area contributed by atoms with E-state index in [4.69, 9.17) is 4.74 Å². The number of piperidine rings is 1. The Balaban J connectivity index is 1.32. The third-order valence-corrected chi connectivity index (χ3v) is 7.03. The van der Waals surface area contributed by atoms with Gasteiger partial charge in [-0.2, -0.15) is 13.2 Å². The van der Waals surface area contributed by atoms with Crippen LogP contribution in [0.1, 0.15) is 37.3 Å². The van der Waals surface area contributed by atoms with E-state index >= 15 is 0 Å². The molecule has 2 fully saturated rings. The van der Waals surface area contributed by atoms with Crippen molar-refractivity contribution in [2.24, 2.45) is 5.41 Å². The van der Waals surface area contributed by atoms with Crippen molar-refractivity contribution in [3.63, 3.8) is 0 Å². The van der Waals surface area contributed by atoms with Crippen LogP contribution < -0.4 is 10.1 Å². The van der Waals surface area contributed by atoms with Crippen molar-refractivity contribution in [2.75, 3.05) is 38.1 Å². The van der Waals surface area contributed by atoms with Crippen molar-refractivity contribution in [3.05, 3.63) is 65.5 Å². The highest BCUT2D eigenvalue weighted by molar-refractivity contribution is 5.92. The quantitative estimate of drug-likeness (QED) is 0.401. The van der Waals surface area contributed by atoms with Crippen molar-refractivity contribution in [3.8, 4) is 5.75 Å². The van der Waals surface area contributed by atoms with Gasteiger partial charge < -0.3 is 19.9 Å². The summed E-state index contributed by atoms with van der Waals surface area (Å²) in [6.45, 7) is 4.30. The Hall–Kier alpha value is -3.56. The molecular weight excluding hydrogens is 490 g/mol. The summed E-state index contributed by atoms with van der Waals surface area (Å²) in [5, 5.41) is 2.29. The first-order chi connectivity index (χ1) is 17.6. The van der Waals surface area contributed by atoms with Crippen LogP contribution in [0.3, 0.4) is 0 Å². The fourth-order valence-corrected chi connectivity index (χ4v) is 4.93. The number of para-hydroxylation sites is 1. The van der Waals surface area contributed by atoms with Crippen LogP contribution >= 0.6 is 0 Å². The molecule has 3 amide bonds. The lowest BCUT2D eigenvalue weighted by atomic mass is 9.78. The van der Waals surface area contributed by atoms with E-state index in [9.17, 15) is 27.2 Å². The zero-order valence-corrected chi connectivity index (χ0v) is 20.5. The minimum atomic E-state index is -4.85. The van der Waals surface area contributed by atoms with Gasteiger partial charge in [0.2, 0.25) is 5.91 Å². The summed E-state index contributed by atoms with van der Waals surface area (Å²) < 4.78 is 58.8. The van der Waals surface area contributed by atoms with Crippen molar-refractivity contribution in [1.29, 1.82) is 0 Å². The average Bonchev–Trinajstić information content (AvgIpc) is 3.28. The van der Waals surface area contributed by atoms with E-state index in [1.807, 2.05) is 31.2 Å². The van der Waals surface area contributed by atoms with E-state index in [1.165, 1.54) is 11.0 Å². The molecule has 2 heterocycles. The molecule has 4 rings (SSSR count). The zero-order valence-electron chi connectivity index (χ0n) is 20.5. The number of hydrogen-bond acceptors (Lipinski definition) is 3. The lowest BCUT2D eigenvalue weighted by molar-refractivity contribution is -0.139. The second-order valence-electron chi connectivity index (χ2n) is 9.40. The number of benzene rings is 2. The Labute approximate surface area is 212 Å². The first-order valence-electron chi connectivity index (χ1n) is 12.2. The van der Waals surface area contributed by atoms with Crippen LogP contribution in [0.5, 0.6) is 5.75 Å². The van der Waals surface area contributed by atoms with Gasteiger partial charge in [0.25, 0.3) is 0 Å². The third kappa shape index (κ3) is 6.06. The molecule has 0 bridgehead atoms. The molecule has 2 aromatic rings. The van der Waals surface area contributed by atoms with E-state index in [-0.39, 0.29) is 11.3 Å². The molecule has 0 saturated carbocycles. The molecule has 0 atom stereocenters. The van der Waals surface area contributed by atoms with Gasteiger partial charge in [-0.1, -0.05) is 24.3 Å². The van der Waals surface area contributed by atoms with Crippen molar-refractivity contribution >= 4 is 23.7 Å². The van der Waals surface area contributed by atoms with Crippen LogP contribution in [-0.2, 0) is 11.0 Å². The molecule has 2 saturated heterocycles. The summed E-state index contributed by atoms with van der Waals surface area (Å²) in [5.74, 6) is -0.893. The number of ether oxygens (including phenoxy) is 1. The molecule has 2 aliphatic rings. The highest BCUT2D eigenvalue weighted by atomic mass is 19.4. The van der Waals surface area contributed by atoms with Gasteiger partial charge in [0.15, 0.2) is 5.82 Å². The topological polar surface area (TPSA) is 61.9 Å². The minimum absolute atomic E-state index is 0.103. The molecule has 0 radical (unpaired) electrons. The summed E-state index contributed by atoms with van der Waals surface area (Å²) in [6, 6.07) is 9.64. The number of hydrogen-bond donors (Lipinski definition) is 1. The number of alkyl halides is 3. The van der Waals surface area contributed by atoms with E-state index in [0.717, 1.165) is 17.7 Å². The maximum Gasteiger partial charge on any atom is 0.419 e. The largest absolute Gasteiger partial charge is 0.493 e. The standard InChI is InChI=1S/C27H29F4N3O3/c1-2-37-22-9-4-3-6-19(22)10-11-23(35)33-15-12-26(13-16-33)14-17-34(18-26)25(36)32-21-8-5-7-20(24(21)28)27(29,30)31/h3-11H,2,12-18H2,1H3,(H,32,36)/b11-10+. The molecule has 2 aromatic carbocycles. The number of carbonyl (C=O) groups excluding carboxylic acids is 2. The molecule has 1 N–H and O–H groups in total. The third-order valence-electron chi connectivity index (χ3n) is 7.03. The SMILES string of the molecule is CCOc1ccccc1/C=C/C(=O)N1CCC2(CC1)CCN(C(=O)Nc1cccc(C(F)(F)F)c1F)C2. The van der Waals surface area contributed by atoms with Gasteiger partial charge in [-0.3, -0.25) is 4.79 Å². The smallest absolute Gasteiger partial charge is 0.419 e. The fraction of sp³-hybridized carbons (Fsp3) is 0.407. The van der Waals surface area contributed by atoms with Crippen LogP contribution in [0.15, 0.2) is 48.5 Å². The molecular formula is C27H29F4N3O3. The Morgan fingerprint density at radius 3 is 2.38 bits per heavy atom. The summed E-state index contributed by atoms with van der Waals surface area (Å²) >= 11 is 0. The van der Waals surface area contributed by atoms with Crippen molar-refractivity contribution in [1.82, 2.24) is 9.80 Å². The van der Waals surface area contributed by atoms with Gasteiger partial charge in [0.05, 0.1) is 17.9 Å². The minimum Gasteiger partial charge on any atom is -0.493 e. The first-order valence-corrected chi connectivity index (χ1v) is 12.2. The van der Waals surface area contributed by atoms with Crippen LogP contribution in [0, 0.1) is 11.2 Å². The number of amides is 3. The summed E-state index contributed by atoms with van der Waals surface area (Å²) in [6.07, 6.45) is 0.536. The van der Waals surface area contributed by atoms with Gasteiger partial charge in [0, 0.05) is 37.8 Å². The maximum atomic E-state index is 14.3. The van der Waals surface area contributed by atoms with E-state index in [1.54, 1.807) is 11.0 Å². The molecule has 1 spiro atoms. The van der Waals surface area contributed by atoms with E-state index in [0.29, 0.717) is 63.9 Å². The van der Waals surface area contributed by atoms with Crippen LogP contribution in [0.4, 0.5) is 28.0 Å². The molecule has 6 nitrogen and oxygen atoms in total. The van der Waals surface area contributed by atoms with E-state index in [2.05, 4.69) is 5.32 Å². The van der Waals surface area contributed by atoms with Crippen LogP contribution in [0.25, 0.3) is 6.08 Å². The molecule has 0 aliphatic carbocycles. The molecule has 198 valence electrons. The predicted octanol–water partition coefficient (Wildman–Crippen LogP) is 5.80. The van der Waals surface area contributed by atoms with Gasteiger partial charge >= 0.3 is 12.2 Å². The molecule has 10 heteroatoms. The normalized spacial score (nSPS) is 17.4. The lowest BCUT2D eigenvalue weighted by Gasteiger charge is -2.38. The fourth-order valence-electron chi connectivity index (χ4n) is 4.93. The number of rotatable bonds is 5. The Kier molecular flexibility index (Phi) is 7.75. The number of urea groups is 1. The lowest BCUT2D eigenvalue weighted by Crippen LogP contribution is -2.44. The number of likely N-dealkylation sites (tertiary alicyclic amines) is 2. The second-order valence-corrected chi connectivity index (χ2v) is 9.40. The average molecular weight is 520 g/mol. The van der Waals surface area contributed by atoms with Gasteiger partial charge in [-0.25, -0.2) is 9.18 Å². The summed E-state index contributed by atoms with van der Waals surface area (Å²) in [4.78, 5) is 28.7. The molecule has 37 heavy (non-hydrogen) atoms. The molecule has 0 unspecified atom stereocenters. The first kappa shape index (κ1) is 26.5. The van der Waals surface area contributed by atoms with E-state index < -0.39 is 29.3 Å². The maximum absolute atomic E-state index is 14.3. The molecule has 2 aliphatic heterocycles. The van der Waals surface area contributed by atoms with Gasteiger partial charge in [0.1, 0.15) is 5.75 Å². The zero-order chi connectivity index (χ0) is 26.6. The number of carbonyl (C=O) groups is 2. The molecule has 0 aromatic heterocycles. The highest BCUT2D eigenvalue weighted by Crippen LogP contribution is 2.41. The highest BCUT2D eigenvalue weighted by Gasteiger charge is 2.43. The van der Waals surface area contributed by atoms with Crippen LogP contribution in [-0.4, -0.2) is 54.5 Å². The summed E-state index contributed by atoms with van der Waals surface area (Å²) in [7, 11) is 0.